The van der Waals surface area contributed by atoms with E-state index in [-0.39, 0.29) is 0 Å². The highest BCUT2D eigenvalue weighted by Gasteiger charge is 2.15. The van der Waals surface area contributed by atoms with Crippen molar-refractivity contribution in [3.05, 3.63) is 22.4 Å². The Labute approximate surface area is 85.2 Å². The summed E-state index contributed by atoms with van der Waals surface area (Å²) in [5.74, 6) is 1.47. The van der Waals surface area contributed by atoms with Gasteiger partial charge < -0.3 is 5.32 Å². The summed E-state index contributed by atoms with van der Waals surface area (Å²) in [6, 6.07) is 4.40. The van der Waals surface area contributed by atoms with E-state index >= 15 is 0 Å². The van der Waals surface area contributed by atoms with Crippen LogP contribution in [0.25, 0.3) is 0 Å². The molecule has 0 fully saturated rings. The Hall–Kier alpha value is -0.340. The lowest BCUT2D eigenvalue weighted by atomic mass is 9.91. The van der Waals surface area contributed by atoms with Gasteiger partial charge in [0.1, 0.15) is 0 Å². The Morgan fingerprint density at radius 3 is 2.69 bits per heavy atom. The first-order valence-electron chi connectivity index (χ1n) is 4.93. The maximum Gasteiger partial charge on any atom is 0.00792 e. The molecule has 2 heteroatoms. The van der Waals surface area contributed by atoms with Crippen molar-refractivity contribution in [2.24, 2.45) is 5.92 Å². The van der Waals surface area contributed by atoms with Gasteiger partial charge in [0, 0.05) is 4.88 Å². The van der Waals surface area contributed by atoms with Crippen molar-refractivity contribution < 1.29 is 0 Å². The van der Waals surface area contributed by atoms with E-state index in [0.717, 1.165) is 18.4 Å². The van der Waals surface area contributed by atoms with Crippen molar-refractivity contribution in [2.75, 3.05) is 13.6 Å². The minimum absolute atomic E-state index is 0.729. The van der Waals surface area contributed by atoms with Gasteiger partial charge in [0.15, 0.2) is 0 Å². The molecule has 0 radical (unpaired) electrons. The van der Waals surface area contributed by atoms with Crippen molar-refractivity contribution in [3.63, 3.8) is 0 Å². The number of rotatable bonds is 5. The molecule has 0 bridgehead atoms. The first kappa shape index (κ1) is 10.7. The largest absolute Gasteiger partial charge is 0.320 e. The van der Waals surface area contributed by atoms with Gasteiger partial charge in [-0.05, 0) is 43.3 Å². The Morgan fingerprint density at radius 2 is 2.23 bits per heavy atom. The second-order valence-corrected chi connectivity index (χ2v) is 4.74. The van der Waals surface area contributed by atoms with Gasteiger partial charge in [-0.1, -0.05) is 19.9 Å². The topological polar surface area (TPSA) is 12.0 Å². The fourth-order valence-corrected chi connectivity index (χ4v) is 2.64. The Balaban J connectivity index is 2.58. The molecule has 1 nitrogen and oxygen atoms in total. The van der Waals surface area contributed by atoms with Gasteiger partial charge in [-0.3, -0.25) is 0 Å². The van der Waals surface area contributed by atoms with Gasteiger partial charge in [-0.2, -0.15) is 0 Å². The quantitative estimate of drug-likeness (QED) is 0.765. The summed E-state index contributed by atoms with van der Waals surface area (Å²) in [7, 11) is 2.02. The van der Waals surface area contributed by atoms with E-state index in [0.29, 0.717) is 0 Å². The van der Waals surface area contributed by atoms with Crippen LogP contribution in [0, 0.1) is 5.92 Å². The maximum atomic E-state index is 3.22. The number of hydrogen-bond acceptors (Lipinski definition) is 2. The molecule has 1 aromatic rings. The number of hydrogen-bond donors (Lipinski definition) is 1. The summed E-state index contributed by atoms with van der Waals surface area (Å²) in [4.78, 5) is 1.53. The highest BCUT2D eigenvalue weighted by molar-refractivity contribution is 7.10. The van der Waals surface area contributed by atoms with Crippen LogP contribution in [0.3, 0.4) is 0 Å². The predicted molar refractivity (Wildman–Crippen MR) is 60.4 cm³/mol. The lowest BCUT2D eigenvalue weighted by Crippen LogP contribution is -2.14. The monoisotopic (exact) mass is 197 g/mol. The van der Waals surface area contributed by atoms with Crippen LogP contribution in [-0.4, -0.2) is 13.6 Å². The van der Waals surface area contributed by atoms with E-state index in [1.807, 2.05) is 18.4 Å². The molecule has 0 aliphatic heterocycles. The number of nitrogens with one attached hydrogen (secondary N) is 1. The van der Waals surface area contributed by atoms with Gasteiger partial charge in [-0.15, -0.1) is 11.3 Å². The first-order valence-corrected chi connectivity index (χ1v) is 5.81. The molecule has 1 aromatic heterocycles. The van der Waals surface area contributed by atoms with Crippen molar-refractivity contribution in [3.8, 4) is 0 Å². The highest BCUT2D eigenvalue weighted by atomic mass is 32.1. The lowest BCUT2D eigenvalue weighted by Gasteiger charge is -2.19. The Morgan fingerprint density at radius 1 is 1.46 bits per heavy atom. The second kappa shape index (κ2) is 5.40. The Bertz CT molecular complexity index is 216. The van der Waals surface area contributed by atoms with Crippen molar-refractivity contribution in [1.29, 1.82) is 0 Å². The van der Waals surface area contributed by atoms with Crippen LogP contribution in [0.15, 0.2) is 17.5 Å². The smallest absolute Gasteiger partial charge is 0.00792 e. The summed E-state index contributed by atoms with van der Waals surface area (Å²) in [5, 5.41) is 5.39. The van der Waals surface area contributed by atoms with Gasteiger partial charge in [0.05, 0.1) is 0 Å². The fraction of sp³-hybridized carbons (Fsp3) is 0.636. The third-order valence-electron chi connectivity index (χ3n) is 2.42. The van der Waals surface area contributed by atoms with Crippen LogP contribution >= 0.6 is 11.3 Å². The average molecular weight is 197 g/mol. The molecular weight excluding hydrogens is 178 g/mol. The van der Waals surface area contributed by atoms with Crippen molar-refractivity contribution >= 4 is 11.3 Å². The zero-order valence-electron chi connectivity index (χ0n) is 8.71. The van der Waals surface area contributed by atoms with E-state index in [9.17, 15) is 0 Å². The van der Waals surface area contributed by atoms with Crippen molar-refractivity contribution in [1.82, 2.24) is 5.32 Å². The molecule has 1 heterocycles. The molecule has 74 valence electrons. The van der Waals surface area contributed by atoms with E-state index in [4.69, 9.17) is 0 Å². The molecule has 0 saturated carbocycles. The molecule has 1 atom stereocenters. The zero-order chi connectivity index (χ0) is 9.68. The molecule has 13 heavy (non-hydrogen) atoms. The van der Waals surface area contributed by atoms with E-state index in [1.165, 1.54) is 11.3 Å². The minimum atomic E-state index is 0.729. The van der Waals surface area contributed by atoms with Crippen LogP contribution in [0.4, 0.5) is 0 Å². The van der Waals surface area contributed by atoms with E-state index < -0.39 is 0 Å². The summed E-state index contributed by atoms with van der Waals surface area (Å²) in [6.07, 6.45) is 1.24. The Kier molecular flexibility index (Phi) is 4.46. The molecule has 0 amide bonds. The molecule has 0 saturated heterocycles. The molecular formula is C11H19NS. The predicted octanol–water partition coefficient (Wildman–Crippen LogP) is 3.10. The van der Waals surface area contributed by atoms with Gasteiger partial charge in [-0.25, -0.2) is 0 Å². The minimum Gasteiger partial charge on any atom is -0.320 e. The lowest BCUT2D eigenvalue weighted by molar-refractivity contribution is 0.467. The third kappa shape index (κ3) is 3.12. The molecule has 1 rings (SSSR count). The molecule has 0 aliphatic rings. The summed E-state index contributed by atoms with van der Waals surface area (Å²) in [6.45, 7) is 5.72. The van der Waals surface area contributed by atoms with E-state index in [1.54, 1.807) is 0 Å². The van der Waals surface area contributed by atoms with Crippen molar-refractivity contribution in [2.45, 2.75) is 26.2 Å². The van der Waals surface area contributed by atoms with Crippen LogP contribution in [0.5, 0.6) is 0 Å². The SMILES string of the molecule is CNCCC(c1cccs1)C(C)C. The van der Waals surface area contributed by atoms with Gasteiger partial charge >= 0.3 is 0 Å². The first-order chi connectivity index (χ1) is 6.25. The van der Waals surface area contributed by atoms with Crippen LogP contribution in [0.2, 0.25) is 0 Å². The van der Waals surface area contributed by atoms with Gasteiger partial charge in [0.25, 0.3) is 0 Å². The van der Waals surface area contributed by atoms with Crippen LogP contribution < -0.4 is 5.32 Å². The average Bonchev–Trinajstić information content (AvgIpc) is 2.57. The van der Waals surface area contributed by atoms with Gasteiger partial charge in [0.2, 0.25) is 0 Å². The summed E-state index contributed by atoms with van der Waals surface area (Å²) >= 11 is 1.88. The molecule has 0 aliphatic carbocycles. The second-order valence-electron chi connectivity index (χ2n) is 3.76. The summed E-state index contributed by atoms with van der Waals surface area (Å²) in [5.41, 5.74) is 0. The molecule has 0 aromatic carbocycles. The maximum absolute atomic E-state index is 3.22. The molecule has 1 N–H and O–H groups in total. The molecule has 1 unspecified atom stereocenters. The number of thiophene rings is 1. The van der Waals surface area contributed by atoms with Crippen LogP contribution in [0.1, 0.15) is 31.1 Å². The van der Waals surface area contributed by atoms with E-state index in [2.05, 4.69) is 36.7 Å². The summed E-state index contributed by atoms with van der Waals surface area (Å²) < 4.78 is 0. The zero-order valence-corrected chi connectivity index (χ0v) is 9.53. The highest BCUT2D eigenvalue weighted by Crippen LogP contribution is 2.30. The van der Waals surface area contributed by atoms with Crippen LogP contribution in [-0.2, 0) is 0 Å². The fourth-order valence-electron chi connectivity index (χ4n) is 1.61. The standard InChI is InChI=1S/C11H19NS/c1-9(2)10(6-7-12-3)11-5-4-8-13-11/h4-5,8-10,12H,6-7H2,1-3H3. The normalized spacial score (nSPS) is 13.5. The molecule has 0 spiro atoms. The third-order valence-corrected chi connectivity index (χ3v) is 3.42.